The normalized spacial score (nSPS) is 10.6. The van der Waals surface area contributed by atoms with Gasteiger partial charge in [0.05, 0.1) is 12.5 Å². The molecule has 0 fully saturated rings. The molecule has 0 saturated carbocycles. The molecule has 5 heteroatoms. The van der Waals surface area contributed by atoms with Crippen molar-refractivity contribution in [3.63, 3.8) is 0 Å². The van der Waals surface area contributed by atoms with Crippen LogP contribution in [0.3, 0.4) is 0 Å². The Morgan fingerprint density at radius 2 is 1.88 bits per heavy atom. The Hall–Kier alpha value is -3.08. The van der Waals surface area contributed by atoms with Crippen molar-refractivity contribution in [2.24, 2.45) is 0 Å². The zero-order chi connectivity index (χ0) is 17.1. The summed E-state index contributed by atoms with van der Waals surface area (Å²) in [6, 6.07) is 13.5. The van der Waals surface area contributed by atoms with Gasteiger partial charge in [-0.15, -0.1) is 0 Å². The minimum atomic E-state index is -0.473. The molecule has 0 radical (unpaired) electrons. The van der Waals surface area contributed by atoms with Gasteiger partial charge in [0, 0.05) is 11.8 Å². The van der Waals surface area contributed by atoms with Gasteiger partial charge in [0.2, 0.25) is 0 Å². The quantitative estimate of drug-likeness (QED) is 0.796. The van der Waals surface area contributed by atoms with Crippen molar-refractivity contribution in [2.75, 3.05) is 12.4 Å². The first-order valence-electron chi connectivity index (χ1n) is 7.63. The summed E-state index contributed by atoms with van der Waals surface area (Å²) in [5.74, 6) is 0.197. The average molecular weight is 323 g/mol. The fourth-order valence-electron chi connectivity index (χ4n) is 2.40. The number of anilines is 1. The van der Waals surface area contributed by atoms with Crippen LogP contribution in [-0.2, 0) is 6.42 Å². The number of amides is 1. The lowest BCUT2D eigenvalue weighted by Crippen LogP contribution is -2.15. The lowest BCUT2D eigenvalue weighted by atomic mass is 10.1. The largest absolute Gasteiger partial charge is 0.497 e. The van der Waals surface area contributed by atoms with Crippen LogP contribution in [0.25, 0.3) is 11.0 Å². The van der Waals surface area contributed by atoms with E-state index in [1.54, 1.807) is 43.5 Å². The molecule has 0 bridgehead atoms. The van der Waals surface area contributed by atoms with Crippen LogP contribution in [0, 0.1) is 0 Å². The van der Waals surface area contributed by atoms with E-state index in [1.165, 1.54) is 6.07 Å². The Labute approximate surface area is 138 Å². The van der Waals surface area contributed by atoms with Gasteiger partial charge in [0.15, 0.2) is 11.2 Å². The maximum Gasteiger partial charge on any atom is 0.291 e. The molecule has 122 valence electrons. The average Bonchev–Trinajstić information content (AvgIpc) is 2.62. The summed E-state index contributed by atoms with van der Waals surface area (Å²) in [7, 11) is 1.57. The molecule has 0 aliphatic rings. The molecule has 3 aromatic rings. The summed E-state index contributed by atoms with van der Waals surface area (Å²) in [4.78, 5) is 24.6. The van der Waals surface area contributed by atoms with Gasteiger partial charge in [0.25, 0.3) is 5.91 Å². The third-order valence-electron chi connectivity index (χ3n) is 3.77. The second-order valence-electron chi connectivity index (χ2n) is 5.34. The second kappa shape index (κ2) is 6.58. The Balaban J connectivity index is 1.90. The fraction of sp³-hybridized carbons (Fsp3) is 0.158. The third-order valence-corrected chi connectivity index (χ3v) is 3.77. The van der Waals surface area contributed by atoms with Gasteiger partial charge in [-0.3, -0.25) is 9.59 Å². The van der Waals surface area contributed by atoms with Crippen LogP contribution in [0.5, 0.6) is 5.75 Å². The van der Waals surface area contributed by atoms with Crippen LogP contribution in [0.1, 0.15) is 23.0 Å². The van der Waals surface area contributed by atoms with Crippen molar-refractivity contribution in [2.45, 2.75) is 13.3 Å². The summed E-state index contributed by atoms with van der Waals surface area (Å²) < 4.78 is 10.7. The second-order valence-corrected chi connectivity index (χ2v) is 5.34. The van der Waals surface area contributed by atoms with Crippen LogP contribution in [0.15, 0.2) is 57.7 Å². The Morgan fingerprint density at radius 3 is 2.54 bits per heavy atom. The van der Waals surface area contributed by atoms with Gasteiger partial charge in [-0.1, -0.05) is 13.0 Å². The van der Waals surface area contributed by atoms with Crippen molar-refractivity contribution in [3.8, 4) is 5.75 Å². The number of nitrogens with one attached hydrogen (secondary N) is 1. The van der Waals surface area contributed by atoms with Crippen LogP contribution in [-0.4, -0.2) is 13.0 Å². The lowest BCUT2D eigenvalue weighted by Gasteiger charge is -2.07. The number of fused-ring (bicyclic) bond motifs is 1. The molecule has 5 nitrogen and oxygen atoms in total. The summed E-state index contributed by atoms with van der Waals surface area (Å²) in [5.41, 5.74) is 1.81. The number of carbonyl (C=O) groups is 1. The highest BCUT2D eigenvalue weighted by Crippen LogP contribution is 2.18. The van der Waals surface area contributed by atoms with Crippen molar-refractivity contribution in [1.82, 2.24) is 0 Å². The van der Waals surface area contributed by atoms with Gasteiger partial charge in [-0.2, -0.15) is 0 Å². The molecule has 1 aromatic heterocycles. The third kappa shape index (κ3) is 3.15. The lowest BCUT2D eigenvalue weighted by molar-refractivity contribution is 0.0997. The van der Waals surface area contributed by atoms with Gasteiger partial charge >= 0.3 is 0 Å². The molecule has 24 heavy (non-hydrogen) atoms. The molecule has 0 unspecified atom stereocenters. The zero-order valence-electron chi connectivity index (χ0n) is 13.5. The smallest absolute Gasteiger partial charge is 0.291 e. The van der Waals surface area contributed by atoms with E-state index in [-0.39, 0.29) is 11.2 Å². The molecule has 0 aliphatic heterocycles. The van der Waals surface area contributed by atoms with Crippen molar-refractivity contribution >= 4 is 22.6 Å². The van der Waals surface area contributed by atoms with Crippen LogP contribution in [0.4, 0.5) is 5.69 Å². The highest BCUT2D eigenvalue weighted by molar-refractivity contribution is 6.03. The molecule has 2 aromatic carbocycles. The number of aryl methyl sites for hydroxylation is 1. The Morgan fingerprint density at radius 1 is 1.12 bits per heavy atom. The molecule has 1 N–H and O–H groups in total. The monoisotopic (exact) mass is 323 g/mol. The standard InChI is InChI=1S/C19H17NO4/c1-3-12-4-9-17-15(10-12)16(21)11-18(24-17)19(22)20-13-5-7-14(23-2)8-6-13/h4-11H,3H2,1-2H3,(H,20,22). The van der Waals surface area contributed by atoms with E-state index < -0.39 is 5.91 Å². The Kier molecular flexibility index (Phi) is 4.33. The molecule has 1 heterocycles. The number of ether oxygens (including phenoxy) is 1. The molecular formula is C19H17NO4. The summed E-state index contributed by atoms with van der Waals surface area (Å²) in [5, 5.41) is 3.18. The number of rotatable bonds is 4. The predicted octanol–water partition coefficient (Wildman–Crippen LogP) is 3.62. The fourth-order valence-corrected chi connectivity index (χ4v) is 2.40. The van der Waals surface area contributed by atoms with Gasteiger partial charge in [-0.25, -0.2) is 0 Å². The maximum atomic E-state index is 12.3. The van der Waals surface area contributed by atoms with E-state index in [4.69, 9.17) is 9.15 Å². The van der Waals surface area contributed by atoms with E-state index in [1.807, 2.05) is 13.0 Å². The highest BCUT2D eigenvalue weighted by atomic mass is 16.5. The summed E-state index contributed by atoms with van der Waals surface area (Å²) in [6.45, 7) is 2.01. The molecule has 0 spiro atoms. The van der Waals surface area contributed by atoms with E-state index in [0.29, 0.717) is 22.4 Å². The molecule has 0 atom stereocenters. The van der Waals surface area contributed by atoms with Gasteiger partial charge in [0.1, 0.15) is 11.3 Å². The highest BCUT2D eigenvalue weighted by Gasteiger charge is 2.13. The minimum Gasteiger partial charge on any atom is -0.497 e. The molecule has 1 amide bonds. The Bertz CT molecular complexity index is 942. The minimum absolute atomic E-state index is 0.0208. The van der Waals surface area contributed by atoms with Gasteiger partial charge < -0.3 is 14.5 Å². The number of methoxy groups -OCH3 is 1. The maximum absolute atomic E-state index is 12.3. The first kappa shape index (κ1) is 15.8. The topological polar surface area (TPSA) is 68.5 Å². The van der Waals surface area contributed by atoms with Crippen molar-refractivity contribution in [1.29, 1.82) is 0 Å². The number of carbonyl (C=O) groups excluding carboxylic acids is 1. The summed E-state index contributed by atoms with van der Waals surface area (Å²) >= 11 is 0. The van der Waals surface area contributed by atoms with Gasteiger partial charge in [-0.05, 0) is 48.4 Å². The zero-order valence-corrected chi connectivity index (χ0v) is 13.5. The predicted molar refractivity (Wildman–Crippen MR) is 92.8 cm³/mol. The first-order valence-corrected chi connectivity index (χ1v) is 7.63. The van der Waals surface area contributed by atoms with Crippen LogP contribution in [0.2, 0.25) is 0 Å². The number of benzene rings is 2. The number of hydrogen-bond acceptors (Lipinski definition) is 4. The van der Waals surface area contributed by atoms with E-state index in [2.05, 4.69) is 5.32 Å². The van der Waals surface area contributed by atoms with E-state index in [0.717, 1.165) is 12.0 Å². The molecular weight excluding hydrogens is 306 g/mol. The summed E-state index contributed by atoms with van der Waals surface area (Å²) in [6.07, 6.45) is 0.828. The van der Waals surface area contributed by atoms with E-state index >= 15 is 0 Å². The number of hydrogen-bond donors (Lipinski definition) is 1. The van der Waals surface area contributed by atoms with Crippen LogP contribution < -0.4 is 15.5 Å². The first-order chi connectivity index (χ1) is 11.6. The molecule has 0 saturated heterocycles. The molecule has 3 rings (SSSR count). The van der Waals surface area contributed by atoms with E-state index in [9.17, 15) is 9.59 Å². The SMILES string of the molecule is CCc1ccc2oc(C(=O)Nc3ccc(OC)cc3)cc(=O)c2c1. The van der Waals surface area contributed by atoms with Crippen molar-refractivity contribution < 1.29 is 13.9 Å². The van der Waals surface area contributed by atoms with Crippen molar-refractivity contribution in [3.05, 3.63) is 70.1 Å². The molecule has 0 aliphatic carbocycles. The van der Waals surface area contributed by atoms with Crippen LogP contribution >= 0.6 is 0 Å².